The van der Waals surface area contributed by atoms with Crippen LogP contribution in [0.5, 0.6) is 0 Å². The summed E-state index contributed by atoms with van der Waals surface area (Å²) in [5.74, 6) is -0.0167. The predicted octanol–water partition coefficient (Wildman–Crippen LogP) is 15.6. The Morgan fingerprint density at radius 3 is 1.17 bits per heavy atom. The van der Waals surface area contributed by atoms with Crippen LogP contribution in [0.4, 0.5) is 0 Å². The Labute approximate surface area is 292 Å². The zero-order valence-corrected chi connectivity index (χ0v) is 31.3. The normalized spacial score (nSPS) is 11.7. The Morgan fingerprint density at radius 2 is 0.848 bits per heavy atom. The van der Waals surface area contributed by atoms with Crippen LogP contribution in [0.25, 0.3) is 0 Å². The molecule has 0 aromatic heterocycles. The van der Waals surface area contributed by atoms with Gasteiger partial charge in [0.1, 0.15) is 0 Å². The summed E-state index contributed by atoms with van der Waals surface area (Å²) in [6, 6.07) is 7.29. The van der Waals surface area contributed by atoms with Gasteiger partial charge >= 0.3 is 0 Å². The van der Waals surface area contributed by atoms with Crippen molar-refractivity contribution in [2.24, 2.45) is 0 Å². The lowest BCUT2D eigenvalue weighted by Crippen LogP contribution is -2.20. The Morgan fingerprint density at radius 1 is 0.522 bits per heavy atom. The minimum absolute atomic E-state index is 0.0167. The number of carbonyl (C=O) groups excluding carboxylic acids is 1. The topological polar surface area (TPSA) is 20.3 Å². The van der Waals surface area contributed by atoms with E-state index in [0.717, 1.165) is 12.8 Å². The molecule has 0 spiro atoms. The SMILES string of the molecule is CCCCCCCCCCCCCCCCC=CN(C=CCCCCCCCCCCCCCCCC)C(=O)c1cccc(Cl)c1. The van der Waals surface area contributed by atoms with Crippen molar-refractivity contribution in [2.45, 2.75) is 206 Å². The fourth-order valence-electron chi connectivity index (χ4n) is 6.25. The zero-order valence-electron chi connectivity index (χ0n) is 30.6. The van der Waals surface area contributed by atoms with Crippen molar-refractivity contribution in [3.63, 3.8) is 0 Å². The van der Waals surface area contributed by atoms with Crippen LogP contribution in [0.1, 0.15) is 217 Å². The van der Waals surface area contributed by atoms with Gasteiger partial charge in [0.05, 0.1) is 0 Å². The quantitative estimate of drug-likeness (QED) is 0.0690. The number of hydrogen-bond acceptors (Lipinski definition) is 1. The molecule has 0 unspecified atom stereocenters. The summed E-state index contributed by atoms with van der Waals surface area (Å²) >= 11 is 6.19. The van der Waals surface area contributed by atoms with Crippen molar-refractivity contribution in [2.75, 3.05) is 0 Å². The summed E-state index contributed by atoms with van der Waals surface area (Å²) in [5, 5.41) is 0.601. The molecule has 0 bridgehead atoms. The monoisotopic (exact) mass is 656 g/mol. The van der Waals surface area contributed by atoms with Crippen molar-refractivity contribution in [1.82, 2.24) is 4.90 Å². The molecule has 0 fully saturated rings. The molecule has 0 aliphatic rings. The molecule has 0 heterocycles. The highest BCUT2D eigenvalue weighted by molar-refractivity contribution is 6.31. The third-order valence-electron chi connectivity index (χ3n) is 9.29. The molecule has 1 aromatic rings. The first-order valence-corrected chi connectivity index (χ1v) is 20.5. The molecule has 0 aliphatic heterocycles. The maximum absolute atomic E-state index is 13.2. The lowest BCUT2D eigenvalue weighted by Gasteiger charge is -2.14. The number of amides is 1. The van der Waals surface area contributed by atoms with Crippen LogP contribution in [-0.4, -0.2) is 10.8 Å². The molecule has 0 saturated heterocycles. The summed E-state index contributed by atoms with van der Waals surface area (Å²) in [5.41, 5.74) is 0.634. The highest BCUT2D eigenvalue weighted by Gasteiger charge is 2.11. The molecular weight excluding hydrogens is 582 g/mol. The van der Waals surface area contributed by atoms with E-state index in [1.54, 1.807) is 11.0 Å². The summed E-state index contributed by atoms with van der Waals surface area (Å²) in [6.07, 6.45) is 48.8. The summed E-state index contributed by atoms with van der Waals surface area (Å²) < 4.78 is 0. The van der Waals surface area contributed by atoms with Crippen molar-refractivity contribution < 1.29 is 4.79 Å². The van der Waals surface area contributed by atoms with Crippen LogP contribution >= 0.6 is 11.6 Å². The number of benzene rings is 1. The lowest BCUT2D eigenvalue weighted by molar-refractivity contribution is 0.0869. The van der Waals surface area contributed by atoms with Gasteiger partial charge in [0.2, 0.25) is 0 Å². The number of rotatable bonds is 33. The van der Waals surface area contributed by atoms with E-state index in [-0.39, 0.29) is 5.91 Å². The van der Waals surface area contributed by atoms with Gasteiger partial charge in [-0.25, -0.2) is 0 Å². The molecule has 0 saturated carbocycles. The molecule has 1 rings (SSSR count). The van der Waals surface area contributed by atoms with Crippen molar-refractivity contribution >= 4 is 17.5 Å². The van der Waals surface area contributed by atoms with Crippen LogP contribution in [0.3, 0.4) is 0 Å². The van der Waals surface area contributed by atoms with E-state index in [0.29, 0.717) is 10.6 Å². The third kappa shape index (κ3) is 26.5. The second-order valence-corrected chi connectivity index (χ2v) is 14.2. The Hall–Kier alpha value is -1.54. The van der Waals surface area contributed by atoms with Gasteiger partial charge in [-0.15, -0.1) is 0 Å². The molecule has 0 aliphatic carbocycles. The van der Waals surface area contributed by atoms with E-state index in [4.69, 9.17) is 11.6 Å². The van der Waals surface area contributed by atoms with Crippen LogP contribution in [-0.2, 0) is 0 Å². The minimum Gasteiger partial charge on any atom is -0.291 e. The highest BCUT2D eigenvalue weighted by atomic mass is 35.5. The first kappa shape index (κ1) is 42.5. The largest absolute Gasteiger partial charge is 0.291 e. The average molecular weight is 657 g/mol. The summed E-state index contributed by atoms with van der Waals surface area (Å²) in [4.78, 5) is 15.0. The minimum atomic E-state index is -0.0167. The summed E-state index contributed by atoms with van der Waals surface area (Å²) in [7, 11) is 0. The number of carbonyl (C=O) groups is 1. The van der Waals surface area contributed by atoms with E-state index in [1.165, 1.54) is 180 Å². The van der Waals surface area contributed by atoms with Crippen molar-refractivity contribution in [3.05, 3.63) is 59.4 Å². The van der Waals surface area contributed by atoms with Gasteiger partial charge in [0.15, 0.2) is 0 Å². The molecule has 46 heavy (non-hydrogen) atoms. The first-order valence-electron chi connectivity index (χ1n) is 20.1. The number of halogens is 1. The number of allylic oxidation sites excluding steroid dienone is 2. The van der Waals surface area contributed by atoms with Gasteiger partial charge in [0.25, 0.3) is 5.91 Å². The van der Waals surface area contributed by atoms with Crippen LogP contribution in [0, 0.1) is 0 Å². The summed E-state index contributed by atoms with van der Waals surface area (Å²) in [6.45, 7) is 4.58. The van der Waals surface area contributed by atoms with Gasteiger partial charge in [-0.05, 0) is 43.9 Å². The number of nitrogens with zero attached hydrogens (tertiary/aromatic N) is 1. The molecule has 264 valence electrons. The fraction of sp³-hybridized carbons (Fsp3) is 0.744. The van der Waals surface area contributed by atoms with Crippen molar-refractivity contribution in [3.8, 4) is 0 Å². The smallest absolute Gasteiger partial charge is 0.261 e. The van der Waals surface area contributed by atoms with Gasteiger partial charge < -0.3 is 0 Å². The van der Waals surface area contributed by atoms with Gasteiger partial charge in [0, 0.05) is 23.0 Å². The Kier molecular flexibility index (Phi) is 30.8. The van der Waals surface area contributed by atoms with Crippen LogP contribution < -0.4 is 0 Å². The molecule has 0 radical (unpaired) electrons. The molecule has 1 aromatic carbocycles. The van der Waals surface area contributed by atoms with E-state index < -0.39 is 0 Å². The maximum atomic E-state index is 13.2. The standard InChI is InChI=1S/C43H74ClNO/c1-3-5-7-9-11-13-15-17-19-21-23-25-27-29-31-33-38-45(43(46)41-36-35-37-42(44)40-41)39-34-32-30-28-26-24-22-20-18-16-14-12-10-8-6-4-2/h33-40H,3-32H2,1-2H3. The molecule has 1 amide bonds. The lowest BCUT2D eigenvalue weighted by atomic mass is 10.0. The fourth-order valence-corrected chi connectivity index (χ4v) is 6.44. The Bertz CT molecular complexity index is 820. The number of unbranched alkanes of at least 4 members (excludes halogenated alkanes) is 28. The van der Waals surface area contributed by atoms with E-state index in [2.05, 4.69) is 26.0 Å². The molecule has 0 N–H and O–H groups in total. The van der Waals surface area contributed by atoms with Crippen molar-refractivity contribution in [1.29, 1.82) is 0 Å². The van der Waals surface area contributed by atoms with E-state index in [1.807, 2.05) is 30.6 Å². The van der Waals surface area contributed by atoms with Crippen LogP contribution in [0.15, 0.2) is 48.8 Å². The molecular formula is C43H74ClNO. The molecule has 0 atom stereocenters. The average Bonchev–Trinajstić information content (AvgIpc) is 3.06. The first-order chi connectivity index (χ1) is 22.7. The Balaban J connectivity index is 2.20. The van der Waals surface area contributed by atoms with E-state index in [9.17, 15) is 4.79 Å². The van der Waals surface area contributed by atoms with Gasteiger partial charge in [-0.2, -0.15) is 0 Å². The van der Waals surface area contributed by atoms with Gasteiger partial charge in [-0.3, -0.25) is 9.69 Å². The maximum Gasteiger partial charge on any atom is 0.261 e. The van der Waals surface area contributed by atoms with E-state index >= 15 is 0 Å². The van der Waals surface area contributed by atoms with Gasteiger partial charge in [-0.1, -0.05) is 211 Å². The molecule has 3 heteroatoms. The number of hydrogen-bond donors (Lipinski definition) is 0. The molecule has 2 nitrogen and oxygen atoms in total. The second-order valence-electron chi connectivity index (χ2n) is 13.8. The zero-order chi connectivity index (χ0) is 33.2. The van der Waals surface area contributed by atoms with Crippen LogP contribution in [0.2, 0.25) is 5.02 Å². The highest BCUT2D eigenvalue weighted by Crippen LogP contribution is 2.17. The second kappa shape index (κ2) is 33.4. The third-order valence-corrected chi connectivity index (χ3v) is 9.52. The predicted molar refractivity (Wildman–Crippen MR) is 206 cm³/mol.